The van der Waals surface area contributed by atoms with Crippen LogP contribution in [-0.2, 0) is 12.0 Å². The maximum absolute atomic E-state index is 6.05. The van der Waals surface area contributed by atoms with Crippen LogP contribution < -0.4 is 4.74 Å². The standard InChI is InChI=1S/C16H17Cl2NO/c1-16(2,3)11-4-6-12(7-5-11)20-10-14-13(17)8-9-15(18)19-14/h4-9H,10H2,1-3H3. The Morgan fingerprint density at radius 3 is 2.25 bits per heavy atom. The molecule has 0 spiro atoms. The minimum atomic E-state index is 0.135. The number of benzene rings is 1. The van der Waals surface area contributed by atoms with Crippen LogP contribution in [0.2, 0.25) is 10.2 Å². The van der Waals surface area contributed by atoms with Crippen LogP contribution in [0.25, 0.3) is 0 Å². The van der Waals surface area contributed by atoms with Gasteiger partial charge in [-0.25, -0.2) is 4.98 Å². The van der Waals surface area contributed by atoms with Gasteiger partial charge in [-0.1, -0.05) is 56.1 Å². The van der Waals surface area contributed by atoms with E-state index in [0.717, 1.165) is 5.75 Å². The molecule has 20 heavy (non-hydrogen) atoms. The van der Waals surface area contributed by atoms with Crippen LogP contribution >= 0.6 is 23.2 Å². The van der Waals surface area contributed by atoms with Crippen molar-refractivity contribution in [2.45, 2.75) is 32.8 Å². The van der Waals surface area contributed by atoms with Crippen LogP contribution in [0.1, 0.15) is 32.0 Å². The third-order valence-electron chi connectivity index (χ3n) is 2.98. The number of nitrogens with zero attached hydrogens (tertiary/aromatic N) is 1. The van der Waals surface area contributed by atoms with E-state index in [2.05, 4.69) is 37.9 Å². The van der Waals surface area contributed by atoms with Crippen molar-refractivity contribution in [3.05, 3.63) is 57.8 Å². The SMILES string of the molecule is CC(C)(C)c1ccc(OCc2nc(Cl)ccc2Cl)cc1. The summed E-state index contributed by atoms with van der Waals surface area (Å²) in [5, 5.41) is 0.969. The Bertz CT molecular complexity index is 588. The normalized spacial score (nSPS) is 11.4. The summed E-state index contributed by atoms with van der Waals surface area (Å²) < 4.78 is 5.69. The third-order valence-corrected chi connectivity index (χ3v) is 3.54. The van der Waals surface area contributed by atoms with Crippen molar-refractivity contribution >= 4 is 23.2 Å². The first-order valence-electron chi connectivity index (χ1n) is 6.40. The Balaban J connectivity index is 2.06. The molecule has 106 valence electrons. The van der Waals surface area contributed by atoms with Gasteiger partial charge in [0, 0.05) is 0 Å². The quantitative estimate of drug-likeness (QED) is 0.721. The van der Waals surface area contributed by atoms with Gasteiger partial charge in [-0.05, 0) is 35.2 Å². The van der Waals surface area contributed by atoms with E-state index in [1.165, 1.54) is 5.56 Å². The van der Waals surface area contributed by atoms with Crippen LogP contribution in [0, 0.1) is 0 Å². The molecule has 0 atom stereocenters. The van der Waals surface area contributed by atoms with Gasteiger partial charge in [0.1, 0.15) is 17.5 Å². The van der Waals surface area contributed by atoms with Crippen molar-refractivity contribution in [3.63, 3.8) is 0 Å². The van der Waals surface area contributed by atoms with Gasteiger partial charge < -0.3 is 4.74 Å². The Morgan fingerprint density at radius 2 is 1.65 bits per heavy atom. The molecule has 0 N–H and O–H groups in total. The smallest absolute Gasteiger partial charge is 0.132 e. The van der Waals surface area contributed by atoms with Gasteiger partial charge in [0.2, 0.25) is 0 Å². The maximum atomic E-state index is 6.05. The van der Waals surface area contributed by atoms with Gasteiger partial charge in [0.05, 0.1) is 10.7 Å². The van der Waals surface area contributed by atoms with Crippen molar-refractivity contribution in [3.8, 4) is 5.75 Å². The Morgan fingerprint density at radius 1 is 1.00 bits per heavy atom. The molecule has 0 aliphatic rings. The van der Waals surface area contributed by atoms with Crippen molar-refractivity contribution < 1.29 is 4.74 Å². The largest absolute Gasteiger partial charge is 0.487 e. The first kappa shape index (κ1) is 15.1. The van der Waals surface area contributed by atoms with Gasteiger partial charge >= 0.3 is 0 Å². The minimum Gasteiger partial charge on any atom is -0.487 e. The van der Waals surface area contributed by atoms with Crippen LogP contribution in [0.4, 0.5) is 0 Å². The van der Waals surface area contributed by atoms with E-state index in [1.807, 2.05) is 12.1 Å². The number of hydrogen-bond donors (Lipinski definition) is 0. The van der Waals surface area contributed by atoms with Crippen LogP contribution in [0.5, 0.6) is 5.75 Å². The molecule has 2 rings (SSSR count). The number of hydrogen-bond acceptors (Lipinski definition) is 2. The highest BCUT2D eigenvalue weighted by Crippen LogP contribution is 2.25. The molecule has 0 saturated carbocycles. The molecule has 1 aromatic heterocycles. The molecule has 1 aromatic carbocycles. The second kappa shape index (κ2) is 6.02. The Hall–Kier alpha value is -1.25. The monoisotopic (exact) mass is 309 g/mol. The first-order chi connectivity index (χ1) is 9.36. The van der Waals surface area contributed by atoms with Gasteiger partial charge in [-0.3, -0.25) is 0 Å². The van der Waals surface area contributed by atoms with Crippen molar-refractivity contribution in [2.75, 3.05) is 0 Å². The number of pyridine rings is 1. The second-order valence-electron chi connectivity index (χ2n) is 5.63. The van der Waals surface area contributed by atoms with E-state index in [0.29, 0.717) is 22.5 Å². The van der Waals surface area contributed by atoms with Crippen LogP contribution in [0.3, 0.4) is 0 Å². The average Bonchev–Trinajstić information content (AvgIpc) is 2.39. The lowest BCUT2D eigenvalue weighted by atomic mass is 9.87. The van der Waals surface area contributed by atoms with Crippen molar-refractivity contribution in [2.24, 2.45) is 0 Å². The first-order valence-corrected chi connectivity index (χ1v) is 7.16. The Kier molecular flexibility index (Phi) is 4.56. The molecule has 2 aromatic rings. The zero-order chi connectivity index (χ0) is 14.8. The lowest BCUT2D eigenvalue weighted by Crippen LogP contribution is -2.10. The molecular formula is C16H17Cl2NO. The van der Waals surface area contributed by atoms with E-state index in [1.54, 1.807) is 12.1 Å². The van der Waals surface area contributed by atoms with Gasteiger partial charge in [0.15, 0.2) is 0 Å². The predicted molar refractivity (Wildman–Crippen MR) is 83.7 cm³/mol. The number of ether oxygens (including phenoxy) is 1. The number of aromatic nitrogens is 1. The molecule has 0 aliphatic carbocycles. The minimum absolute atomic E-state index is 0.135. The third kappa shape index (κ3) is 3.87. The number of rotatable bonds is 3. The number of halogens is 2. The molecule has 0 amide bonds. The molecular weight excluding hydrogens is 293 g/mol. The fourth-order valence-corrected chi connectivity index (χ4v) is 2.09. The van der Waals surface area contributed by atoms with E-state index in [4.69, 9.17) is 27.9 Å². The molecule has 0 aliphatic heterocycles. The second-order valence-corrected chi connectivity index (χ2v) is 6.42. The molecule has 0 fully saturated rings. The maximum Gasteiger partial charge on any atom is 0.132 e. The molecule has 0 bridgehead atoms. The predicted octanol–water partition coefficient (Wildman–Crippen LogP) is 5.26. The summed E-state index contributed by atoms with van der Waals surface area (Å²) in [6.07, 6.45) is 0. The van der Waals surface area contributed by atoms with Gasteiger partial charge in [-0.2, -0.15) is 0 Å². The summed E-state index contributed by atoms with van der Waals surface area (Å²) in [4.78, 5) is 4.15. The average molecular weight is 310 g/mol. The molecule has 4 heteroatoms. The summed E-state index contributed by atoms with van der Waals surface area (Å²) in [6, 6.07) is 11.4. The fourth-order valence-electron chi connectivity index (χ4n) is 1.76. The summed E-state index contributed by atoms with van der Waals surface area (Å²) >= 11 is 11.9. The van der Waals surface area contributed by atoms with Crippen LogP contribution in [-0.4, -0.2) is 4.98 Å². The van der Waals surface area contributed by atoms with Gasteiger partial charge in [-0.15, -0.1) is 0 Å². The fraction of sp³-hybridized carbons (Fsp3) is 0.312. The summed E-state index contributed by atoms with van der Waals surface area (Å²) in [6.45, 7) is 6.84. The van der Waals surface area contributed by atoms with Crippen molar-refractivity contribution in [1.29, 1.82) is 0 Å². The highest BCUT2D eigenvalue weighted by atomic mass is 35.5. The van der Waals surface area contributed by atoms with E-state index in [-0.39, 0.29) is 5.41 Å². The summed E-state index contributed by atoms with van der Waals surface area (Å²) in [7, 11) is 0. The highest BCUT2D eigenvalue weighted by molar-refractivity contribution is 6.32. The Labute approximate surface area is 129 Å². The van der Waals surface area contributed by atoms with Crippen molar-refractivity contribution in [1.82, 2.24) is 4.98 Å². The van der Waals surface area contributed by atoms with Crippen LogP contribution in [0.15, 0.2) is 36.4 Å². The summed E-state index contributed by atoms with van der Waals surface area (Å²) in [5.74, 6) is 0.788. The molecule has 0 saturated heterocycles. The zero-order valence-corrected chi connectivity index (χ0v) is 13.3. The molecule has 0 unspecified atom stereocenters. The highest BCUT2D eigenvalue weighted by Gasteiger charge is 2.13. The molecule has 1 heterocycles. The topological polar surface area (TPSA) is 22.1 Å². The lowest BCUT2D eigenvalue weighted by molar-refractivity contribution is 0.301. The van der Waals surface area contributed by atoms with Gasteiger partial charge in [0.25, 0.3) is 0 Å². The van der Waals surface area contributed by atoms with E-state index >= 15 is 0 Å². The molecule has 2 nitrogen and oxygen atoms in total. The molecule has 0 radical (unpaired) electrons. The zero-order valence-electron chi connectivity index (χ0n) is 11.8. The lowest BCUT2D eigenvalue weighted by Gasteiger charge is -2.19. The summed E-state index contributed by atoms with van der Waals surface area (Å²) in [5.41, 5.74) is 2.04. The van der Waals surface area contributed by atoms with E-state index in [9.17, 15) is 0 Å². The van der Waals surface area contributed by atoms with E-state index < -0.39 is 0 Å².